The second kappa shape index (κ2) is 10.7. The van der Waals surface area contributed by atoms with Crippen LogP contribution in [0.3, 0.4) is 0 Å². The minimum absolute atomic E-state index is 0.206. The summed E-state index contributed by atoms with van der Waals surface area (Å²) < 4.78 is 10.9. The van der Waals surface area contributed by atoms with Crippen LogP contribution in [0.1, 0.15) is 76.7 Å². The zero-order valence-electron chi connectivity index (χ0n) is 21.2. The van der Waals surface area contributed by atoms with Crippen LogP contribution in [-0.4, -0.2) is 50.8 Å². The lowest BCUT2D eigenvalue weighted by Gasteiger charge is -2.36. The number of carbonyl (C=O) groups excluding carboxylic acids is 2. The number of hydrogen-bond donors (Lipinski definition) is 1. The number of nitrogens with zero attached hydrogens (tertiary/aromatic N) is 1. The first kappa shape index (κ1) is 25.0. The molecule has 1 aromatic carbocycles. The highest BCUT2D eigenvalue weighted by atomic mass is 16.5. The molecule has 3 aliphatic carbocycles. The second-order valence-corrected chi connectivity index (χ2v) is 11.1. The van der Waals surface area contributed by atoms with Gasteiger partial charge in [-0.2, -0.15) is 0 Å². The molecule has 188 valence electrons. The van der Waals surface area contributed by atoms with Crippen molar-refractivity contribution in [2.75, 3.05) is 33.8 Å². The van der Waals surface area contributed by atoms with Crippen LogP contribution < -0.4 is 10.1 Å². The molecular formula is C28H42N2O4. The van der Waals surface area contributed by atoms with Gasteiger partial charge in [-0.15, -0.1) is 0 Å². The molecule has 1 amide bonds. The Labute approximate surface area is 204 Å². The number of ether oxygens (including phenoxy) is 2. The van der Waals surface area contributed by atoms with Gasteiger partial charge in [0.2, 0.25) is 0 Å². The van der Waals surface area contributed by atoms with Gasteiger partial charge in [0.1, 0.15) is 5.75 Å². The molecule has 3 aliphatic rings. The van der Waals surface area contributed by atoms with E-state index in [1.165, 1.54) is 37.7 Å². The zero-order chi connectivity index (χ0) is 24.2. The fraction of sp³-hybridized carbons (Fsp3) is 0.714. The Hall–Kier alpha value is -2.08. The van der Waals surface area contributed by atoms with Crippen molar-refractivity contribution in [3.8, 4) is 5.75 Å². The Bertz CT molecular complexity index is 864. The van der Waals surface area contributed by atoms with Crippen molar-refractivity contribution in [1.82, 2.24) is 10.2 Å². The summed E-state index contributed by atoms with van der Waals surface area (Å²) in [6, 6.07) is 8.30. The predicted octanol–water partition coefficient (Wildman–Crippen LogP) is 5.30. The van der Waals surface area contributed by atoms with Crippen LogP contribution in [0.5, 0.6) is 5.75 Å². The number of alkyl carbamates (subject to hydrolysis) is 1. The molecule has 3 fully saturated rings. The molecule has 4 rings (SSSR count). The number of rotatable bonds is 9. The summed E-state index contributed by atoms with van der Waals surface area (Å²) in [4.78, 5) is 27.2. The van der Waals surface area contributed by atoms with Crippen molar-refractivity contribution in [1.29, 1.82) is 0 Å². The van der Waals surface area contributed by atoms with Gasteiger partial charge in [0.15, 0.2) is 0 Å². The first-order chi connectivity index (χ1) is 16.4. The van der Waals surface area contributed by atoms with E-state index in [0.717, 1.165) is 38.1 Å². The molecule has 3 unspecified atom stereocenters. The molecular weight excluding hydrogens is 428 g/mol. The van der Waals surface area contributed by atoms with Gasteiger partial charge in [0.25, 0.3) is 0 Å². The van der Waals surface area contributed by atoms with Crippen LogP contribution in [0.4, 0.5) is 4.79 Å². The zero-order valence-corrected chi connectivity index (χ0v) is 21.2. The Kier molecular flexibility index (Phi) is 7.86. The van der Waals surface area contributed by atoms with Crippen LogP contribution >= 0.6 is 0 Å². The summed E-state index contributed by atoms with van der Waals surface area (Å²) in [5.41, 5.74) is 1.34. The first-order valence-electron chi connectivity index (χ1n) is 13.2. The van der Waals surface area contributed by atoms with Crippen LogP contribution in [0, 0.1) is 17.3 Å². The Morgan fingerprint density at radius 2 is 1.91 bits per heavy atom. The fourth-order valence-electron chi connectivity index (χ4n) is 6.84. The SMILES string of the molecule is CCOC(=O)NCC1(CC(=O)Oc2cccc(C34CC3CCCC4CN(C)C)c2)CCCCC1. The van der Waals surface area contributed by atoms with Crippen molar-refractivity contribution in [3.05, 3.63) is 29.8 Å². The number of benzene rings is 1. The van der Waals surface area contributed by atoms with E-state index in [0.29, 0.717) is 31.2 Å². The van der Waals surface area contributed by atoms with Gasteiger partial charge in [-0.05, 0) is 88.1 Å². The molecule has 0 saturated heterocycles. The highest BCUT2D eigenvalue weighted by Crippen LogP contribution is 2.65. The van der Waals surface area contributed by atoms with Gasteiger partial charge in [-0.3, -0.25) is 4.79 Å². The van der Waals surface area contributed by atoms with Crippen molar-refractivity contribution in [2.45, 2.75) is 76.5 Å². The van der Waals surface area contributed by atoms with E-state index in [2.05, 4.69) is 36.4 Å². The number of carbonyl (C=O) groups is 2. The molecule has 6 heteroatoms. The molecule has 6 nitrogen and oxygen atoms in total. The number of nitrogens with one attached hydrogen (secondary N) is 1. The summed E-state index contributed by atoms with van der Waals surface area (Å²) in [6.07, 6.45) is 10.2. The van der Waals surface area contributed by atoms with E-state index in [1.54, 1.807) is 6.92 Å². The van der Waals surface area contributed by atoms with E-state index >= 15 is 0 Å². The monoisotopic (exact) mass is 470 g/mol. The topological polar surface area (TPSA) is 67.9 Å². The molecule has 0 heterocycles. The molecule has 34 heavy (non-hydrogen) atoms. The normalized spacial score (nSPS) is 27.5. The van der Waals surface area contributed by atoms with Gasteiger partial charge in [-0.25, -0.2) is 4.79 Å². The summed E-state index contributed by atoms with van der Waals surface area (Å²) in [5, 5.41) is 2.87. The average Bonchev–Trinajstić information content (AvgIpc) is 3.56. The minimum atomic E-state index is -0.411. The number of esters is 1. The maximum atomic E-state index is 13.1. The van der Waals surface area contributed by atoms with E-state index in [9.17, 15) is 9.59 Å². The average molecular weight is 471 g/mol. The van der Waals surface area contributed by atoms with Crippen molar-refractivity contribution in [3.63, 3.8) is 0 Å². The Morgan fingerprint density at radius 1 is 1.12 bits per heavy atom. The molecule has 0 radical (unpaired) electrons. The maximum Gasteiger partial charge on any atom is 0.407 e. The summed E-state index contributed by atoms with van der Waals surface area (Å²) in [6.45, 7) is 3.70. The summed E-state index contributed by atoms with van der Waals surface area (Å²) in [5.74, 6) is 1.87. The van der Waals surface area contributed by atoms with Crippen LogP contribution in [0.15, 0.2) is 24.3 Å². The molecule has 3 atom stereocenters. The Balaban J connectivity index is 1.43. The Morgan fingerprint density at radius 3 is 2.65 bits per heavy atom. The third kappa shape index (κ3) is 5.59. The van der Waals surface area contributed by atoms with Gasteiger partial charge in [-0.1, -0.05) is 37.8 Å². The first-order valence-corrected chi connectivity index (χ1v) is 13.2. The largest absolute Gasteiger partial charge is 0.450 e. The summed E-state index contributed by atoms with van der Waals surface area (Å²) in [7, 11) is 4.32. The van der Waals surface area contributed by atoms with Crippen molar-refractivity contribution >= 4 is 12.1 Å². The fourth-order valence-corrected chi connectivity index (χ4v) is 6.84. The molecule has 1 N–H and O–H groups in total. The van der Waals surface area contributed by atoms with Gasteiger partial charge in [0, 0.05) is 18.5 Å². The number of hydrogen-bond acceptors (Lipinski definition) is 5. The standard InChI is InChI=1S/C28H42N2O4/c1-4-33-26(32)29-20-27(14-6-5-7-15-27)18-25(31)34-24-13-9-10-21(16-24)28-17-22(28)11-8-12-23(28)19-30(2)3/h9-10,13,16,22-23H,4-8,11-12,14-15,17-20H2,1-3H3,(H,29,32). The van der Waals surface area contributed by atoms with Gasteiger partial charge in [0.05, 0.1) is 13.0 Å². The van der Waals surface area contributed by atoms with Crippen molar-refractivity contribution in [2.24, 2.45) is 17.3 Å². The predicted molar refractivity (Wildman–Crippen MR) is 133 cm³/mol. The third-order valence-electron chi connectivity index (χ3n) is 8.49. The van der Waals surface area contributed by atoms with E-state index in [4.69, 9.17) is 9.47 Å². The highest BCUT2D eigenvalue weighted by molar-refractivity contribution is 5.73. The lowest BCUT2D eigenvalue weighted by Crippen LogP contribution is -2.41. The van der Waals surface area contributed by atoms with Crippen molar-refractivity contribution < 1.29 is 19.1 Å². The van der Waals surface area contributed by atoms with Gasteiger partial charge >= 0.3 is 12.1 Å². The maximum absolute atomic E-state index is 13.1. The molecule has 0 bridgehead atoms. The minimum Gasteiger partial charge on any atom is -0.450 e. The molecule has 0 aromatic heterocycles. The molecule has 3 saturated carbocycles. The highest BCUT2D eigenvalue weighted by Gasteiger charge is 2.60. The second-order valence-electron chi connectivity index (χ2n) is 11.1. The lowest BCUT2D eigenvalue weighted by atomic mass is 9.71. The quantitative estimate of drug-likeness (QED) is 0.392. The smallest absolute Gasteiger partial charge is 0.407 e. The number of fused-ring (bicyclic) bond motifs is 1. The lowest BCUT2D eigenvalue weighted by molar-refractivity contribution is -0.137. The van der Waals surface area contributed by atoms with Gasteiger partial charge < -0.3 is 19.7 Å². The third-order valence-corrected chi connectivity index (χ3v) is 8.49. The van der Waals surface area contributed by atoms with E-state index < -0.39 is 6.09 Å². The summed E-state index contributed by atoms with van der Waals surface area (Å²) >= 11 is 0. The molecule has 1 aromatic rings. The van der Waals surface area contributed by atoms with Crippen LogP contribution in [0.2, 0.25) is 0 Å². The van der Waals surface area contributed by atoms with Crippen LogP contribution in [0.25, 0.3) is 0 Å². The molecule has 0 spiro atoms. The van der Waals surface area contributed by atoms with E-state index in [-0.39, 0.29) is 16.8 Å². The molecule has 0 aliphatic heterocycles. The van der Waals surface area contributed by atoms with Crippen LogP contribution in [-0.2, 0) is 14.9 Å². The number of amides is 1. The van der Waals surface area contributed by atoms with E-state index in [1.807, 2.05) is 12.1 Å².